The highest BCUT2D eigenvalue weighted by Gasteiger charge is 2.39. The Morgan fingerprint density at radius 2 is 2.13 bits per heavy atom. The molecule has 0 bridgehead atoms. The molecule has 3 heterocycles. The molecule has 1 fully saturated rings. The van der Waals surface area contributed by atoms with E-state index in [0.717, 1.165) is 10.5 Å². The fraction of sp³-hybridized carbons (Fsp3) is 0.526. The van der Waals surface area contributed by atoms with Gasteiger partial charge in [0.05, 0.1) is 17.8 Å². The van der Waals surface area contributed by atoms with Gasteiger partial charge in [-0.25, -0.2) is 4.98 Å². The molecule has 0 unspecified atom stereocenters. The summed E-state index contributed by atoms with van der Waals surface area (Å²) >= 11 is 1.57. The minimum atomic E-state index is -4.44. The molecular weight excluding hydrogens is 419 g/mol. The maximum atomic E-state index is 12.4. The van der Waals surface area contributed by atoms with Gasteiger partial charge in [-0.15, -0.1) is 11.8 Å². The van der Waals surface area contributed by atoms with Crippen LogP contribution in [-0.4, -0.2) is 65.4 Å². The van der Waals surface area contributed by atoms with Crippen LogP contribution in [-0.2, 0) is 10.3 Å². The van der Waals surface area contributed by atoms with Crippen LogP contribution in [0.3, 0.4) is 0 Å². The van der Waals surface area contributed by atoms with E-state index in [0.29, 0.717) is 24.7 Å². The number of rotatable bonds is 6. The van der Waals surface area contributed by atoms with Gasteiger partial charge in [0.1, 0.15) is 6.54 Å². The molecule has 2 aromatic heterocycles. The van der Waals surface area contributed by atoms with Crippen molar-refractivity contribution in [2.75, 3.05) is 32.4 Å². The molecule has 1 atom stereocenters. The minimum absolute atomic E-state index is 0.234. The lowest BCUT2D eigenvalue weighted by atomic mass is 10.00. The van der Waals surface area contributed by atoms with Crippen molar-refractivity contribution in [1.29, 1.82) is 0 Å². The summed E-state index contributed by atoms with van der Waals surface area (Å²) in [7, 11) is 0. The highest BCUT2D eigenvalue weighted by Crippen LogP contribution is 2.32. The van der Waals surface area contributed by atoms with E-state index < -0.39 is 30.2 Å². The summed E-state index contributed by atoms with van der Waals surface area (Å²) in [6, 6.07) is 1.21. The van der Waals surface area contributed by atoms with Gasteiger partial charge < -0.3 is 15.1 Å². The highest BCUT2D eigenvalue weighted by molar-refractivity contribution is 7.98. The molecule has 164 valence electrons. The number of nitrogens with zero attached hydrogens (tertiary/aromatic N) is 3. The Balaban J connectivity index is 1.72. The van der Waals surface area contributed by atoms with Gasteiger partial charge in [0.15, 0.2) is 5.76 Å². The third-order valence-corrected chi connectivity index (χ3v) is 5.70. The quantitative estimate of drug-likeness (QED) is 0.664. The Morgan fingerprint density at radius 1 is 1.37 bits per heavy atom. The fourth-order valence-corrected chi connectivity index (χ4v) is 3.65. The summed E-state index contributed by atoms with van der Waals surface area (Å²) in [6.45, 7) is 3.76. The summed E-state index contributed by atoms with van der Waals surface area (Å²) in [5, 5.41) is 4.91. The minimum Gasteiger partial charge on any atom is -0.439 e. The van der Waals surface area contributed by atoms with Crippen LogP contribution in [0.15, 0.2) is 34.0 Å². The van der Waals surface area contributed by atoms with Crippen molar-refractivity contribution >= 4 is 17.7 Å². The molecular formula is C19H24F3N5O2S. The molecule has 30 heavy (non-hydrogen) atoms. The lowest BCUT2D eigenvalue weighted by Gasteiger charge is -2.41. The van der Waals surface area contributed by atoms with E-state index in [4.69, 9.17) is 4.42 Å². The average Bonchev–Trinajstić information content (AvgIpc) is 3.23. The maximum Gasteiger partial charge on any atom is 0.405 e. The van der Waals surface area contributed by atoms with Crippen LogP contribution in [0.1, 0.15) is 19.7 Å². The lowest BCUT2D eigenvalue weighted by Crippen LogP contribution is -2.61. The van der Waals surface area contributed by atoms with Crippen LogP contribution < -0.4 is 10.6 Å². The van der Waals surface area contributed by atoms with Crippen LogP contribution in [0, 0.1) is 0 Å². The largest absolute Gasteiger partial charge is 0.439 e. The molecule has 1 aliphatic rings. The molecule has 0 radical (unpaired) electrons. The van der Waals surface area contributed by atoms with Gasteiger partial charge in [-0.05, 0) is 26.2 Å². The lowest BCUT2D eigenvalue weighted by molar-refractivity contribution is -0.140. The average molecular weight is 443 g/mol. The number of hydrogen-bond donors (Lipinski definition) is 2. The Labute approximate surface area is 176 Å². The normalized spacial score (nSPS) is 18.4. The summed E-state index contributed by atoms with van der Waals surface area (Å²) in [5.41, 5.74) is 0.147. The summed E-state index contributed by atoms with van der Waals surface area (Å²) in [6.07, 6.45) is 2.61. The number of thioether (sulfide) groups is 1. The van der Waals surface area contributed by atoms with Gasteiger partial charge in [0, 0.05) is 42.5 Å². The van der Waals surface area contributed by atoms with Crippen LogP contribution in [0.5, 0.6) is 0 Å². The van der Waals surface area contributed by atoms with E-state index in [9.17, 15) is 18.0 Å². The standard InChI is InChI=1S/C19H24F3N5O2S/c1-18(2,17-25-9-15(29-17)12-6-13(30-3)8-23-7-12)27-5-4-24-14(10-27)16(28)26-11-19(20,21)22/h6-9,14,24H,4-5,10-11H2,1-3H3,(H,26,28)/t14-/m0/s1. The van der Waals surface area contributed by atoms with Crippen molar-refractivity contribution in [3.8, 4) is 11.3 Å². The zero-order chi connectivity index (χ0) is 21.9. The number of aromatic nitrogens is 2. The monoisotopic (exact) mass is 443 g/mol. The predicted molar refractivity (Wildman–Crippen MR) is 107 cm³/mol. The van der Waals surface area contributed by atoms with E-state index in [1.807, 2.05) is 36.4 Å². The first-order chi connectivity index (χ1) is 14.1. The Hall–Kier alpha value is -2.11. The third kappa shape index (κ3) is 5.32. The van der Waals surface area contributed by atoms with Crippen LogP contribution in [0.2, 0.25) is 0 Å². The first-order valence-corrected chi connectivity index (χ1v) is 10.6. The van der Waals surface area contributed by atoms with Crippen molar-refractivity contribution in [1.82, 2.24) is 25.5 Å². The number of halogens is 3. The van der Waals surface area contributed by atoms with E-state index in [2.05, 4.69) is 15.3 Å². The molecule has 0 saturated carbocycles. The zero-order valence-electron chi connectivity index (χ0n) is 16.9. The van der Waals surface area contributed by atoms with Gasteiger partial charge in [-0.3, -0.25) is 14.7 Å². The SMILES string of the molecule is CSc1cncc(-c2cnc(C(C)(C)N3CCN[C@H](C(=O)NCC(F)(F)F)C3)o2)c1. The van der Waals surface area contributed by atoms with Crippen molar-refractivity contribution in [2.45, 2.75) is 36.5 Å². The summed E-state index contributed by atoms with van der Waals surface area (Å²) in [5.74, 6) is 0.361. The molecule has 1 amide bonds. The molecule has 7 nitrogen and oxygen atoms in total. The van der Waals surface area contributed by atoms with Gasteiger partial charge in [0.25, 0.3) is 0 Å². The highest BCUT2D eigenvalue weighted by atomic mass is 32.2. The molecule has 0 spiro atoms. The molecule has 3 rings (SSSR count). The first kappa shape index (κ1) is 22.6. The van der Waals surface area contributed by atoms with Crippen LogP contribution >= 0.6 is 11.8 Å². The molecule has 1 aliphatic heterocycles. The summed E-state index contributed by atoms with van der Waals surface area (Å²) < 4.78 is 43.2. The number of piperazine rings is 1. The topological polar surface area (TPSA) is 83.3 Å². The van der Waals surface area contributed by atoms with Crippen molar-refractivity contribution in [2.24, 2.45) is 0 Å². The third-order valence-electron chi connectivity index (χ3n) is 5.01. The van der Waals surface area contributed by atoms with E-state index >= 15 is 0 Å². The van der Waals surface area contributed by atoms with Gasteiger partial charge in [0.2, 0.25) is 11.8 Å². The molecule has 0 aromatic carbocycles. The fourth-order valence-electron chi connectivity index (χ4n) is 3.23. The number of carbonyl (C=O) groups excluding carboxylic acids is 1. The molecule has 1 saturated heterocycles. The van der Waals surface area contributed by atoms with Crippen LogP contribution in [0.4, 0.5) is 13.2 Å². The van der Waals surface area contributed by atoms with E-state index in [-0.39, 0.29) is 6.54 Å². The second-order valence-corrected chi connectivity index (χ2v) is 8.37. The van der Waals surface area contributed by atoms with Crippen molar-refractivity contribution in [3.63, 3.8) is 0 Å². The van der Waals surface area contributed by atoms with E-state index in [1.165, 1.54) is 0 Å². The molecule has 2 N–H and O–H groups in total. The number of pyridine rings is 1. The van der Waals surface area contributed by atoms with E-state index in [1.54, 1.807) is 30.4 Å². The predicted octanol–water partition coefficient (Wildman–Crippen LogP) is 2.65. The number of nitrogens with one attached hydrogen (secondary N) is 2. The van der Waals surface area contributed by atoms with Gasteiger partial charge >= 0.3 is 6.18 Å². The second-order valence-electron chi connectivity index (χ2n) is 7.49. The Kier molecular flexibility index (Phi) is 6.73. The van der Waals surface area contributed by atoms with Gasteiger partial charge in [-0.1, -0.05) is 0 Å². The number of hydrogen-bond acceptors (Lipinski definition) is 7. The number of carbonyl (C=O) groups is 1. The van der Waals surface area contributed by atoms with Gasteiger partial charge in [-0.2, -0.15) is 13.2 Å². The molecule has 2 aromatic rings. The van der Waals surface area contributed by atoms with Crippen molar-refractivity contribution in [3.05, 3.63) is 30.5 Å². The molecule has 11 heteroatoms. The number of amides is 1. The van der Waals surface area contributed by atoms with Crippen molar-refractivity contribution < 1.29 is 22.4 Å². The smallest absolute Gasteiger partial charge is 0.405 e. The van der Waals surface area contributed by atoms with Crippen LogP contribution in [0.25, 0.3) is 11.3 Å². The first-order valence-electron chi connectivity index (χ1n) is 9.39. The maximum absolute atomic E-state index is 12.4. The molecule has 0 aliphatic carbocycles. The zero-order valence-corrected chi connectivity index (χ0v) is 17.7. The number of alkyl halides is 3. The summed E-state index contributed by atoms with van der Waals surface area (Å²) in [4.78, 5) is 23.8. The Bertz CT molecular complexity index is 887. The second kappa shape index (κ2) is 8.94. The number of oxazole rings is 1. The Morgan fingerprint density at radius 3 is 2.83 bits per heavy atom.